The molecule has 3 rings (SSSR count). The molecule has 0 aliphatic carbocycles. The number of aromatic nitrogens is 4. The molecule has 144 valence electrons. The lowest BCUT2D eigenvalue weighted by molar-refractivity contribution is -0.130. The van der Waals surface area contributed by atoms with Crippen LogP contribution in [0.5, 0.6) is 0 Å². The minimum atomic E-state index is 0.129. The Morgan fingerprint density at radius 2 is 2.11 bits per heavy atom. The monoisotopic (exact) mass is 370 g/mol. The lowest BCUT2D eigenvalue weighted by Crippen LogP contribution is -2.41. The van der Waals surface area contributed by atoms with Gasteiger partial charge in [0.25, 0.3) is 0 Å². The van der Waals surface area contributed by atoms with Gasteiger partial charge < -0.3 is 15.5 Å². The smallest absolute Gasteiger partial charge is 0.236 e. The Morgan fingerprint density at radius 3 is 2.89 bits per heavy atom. The Balaban J connectivity index is 1.68. The summed E-state index contributed by atoms with van der Waals surface area (Å²) in [5.41, 5.74) is 0.984. The normalized spacial score (nSPS) is 17.4. The van der Waals surface area contributed by atoms with Crippen LogP contribution < -0.4 is 10.6 Å². The van der Waals surface area contributed by atoms with Crippen molar-refractivity contribution in [3.8, 4) is 0 Å². The van der Waals surface area contributed by atoms with Crippen LogP contribution in [0.4, 0.5) is 17.6 Å². The molecule has 1 unspecified atom stereocenters. The van der Waals surface area contributed by atoms with E-state index in [1.54, 1.807) is 38.3 Å². The second-order valence-electron chi connectivity index (χ2n) is 6.83. The van der Waals surface area contributed by atoms with Gasteiger partial charge in [-0.05, 0) is 25.5 Å². The summed E-state index contributed by atoms with van der Waals surface area (Å²) in [5, 5.41) is 6.10. The van der Waals surface area contributed by atoms with Crippen molar-refractivity contribution >= 4 is 23.5 Å². The molecule has 2 aromatic rings. The molecular formula is C18H26N8O. The van der Waals surface area contributed by atoms with Crippen LogP contribution >= 0.6 is 0 Å². The number of anilines is 3. The number of carbonyl (C=O) groups excluding carboxylic acids is 1. The quantitative estimate of drug-likeness (QED) is 0.785. The molecule has 0 aromatic carbocycles. The van der Waals surface area contributed by atoms with Crippen molar-refractivity contribution in [3.63, 3.8) is 0 Å². The largest absolute Gasteiger partial charge is 0.373 e. The number of nitrogens with zero attached hydrogens (tertiary/aromatic N) is 6. The topological polar surface area (TPSA) is 99.2 Å². The highest BCUT2D eigenvalue weighted by Crippen LogP contribution is 2.26. The number of piperidine rings is 1. The Labute approximate surface area is 159 Å². The van der Waals surface area contributed by atoms with Gasteiger partial charge in [-0.15, -0.1) is 0 Å². The van der Waals surface area contributed by atoms with E-state index in [9.17, 15) is 4.79 Å². The summed E-state index contributed by atoms with van der Waals surface area (Å²) in [6.45, 7) is 2.22. The maximum absolute atomic E-state index is 12.0. The van der Waals surface area contributed by atoms with Gasteiger partial charge in [-0.3, -0.25) is 9.69 Å². The molecule has 3 heterocycles. The number of rotatable bonds is 6. The van der Waals surface area contributed by atoms with Gasteiger partial charge in [0.05, 0.1) is 12.2 Å². The highest BCUT2D eigenvalue weighted by molar-refractivity contribution is 5.77. The summed E-state index contributed by atoms with van der Waals surface area (Å²) in [7, 11) is 5.39. The van der Waals surface area contributed by atoms with Gasteiger partial charge >= 0.3 is 0 Å². The molecular weight excluding hydrogens is 344 g/mol. The average molecular weight is 370 g/mol. The van der Waals surface area contributed by atoms with Crippen molar-refractivity contribution in [2.45, 2.75) is 18.8 Å². The first-order chi connectivity index (χ1) is 13.0. The number of hydrogen-bond acceptors (Lipinski definition) is 8. The molecule has 9 heteroatoms. The van der Waals surface area contributed by atoms with Gasteiger partial charge in [-0.2, -0.15) is 0 Å². The summed E-state index contributed by atoms with van der Waals surface area (Å²) in [5.74, 6) is 2.28. The van der Waals surface area contributed by atoms with Gasteiger partial charge in [0.2, 0.25) is 11.9 Å². The fourth-order valence-corrected chi connectivity index (χ4v) is 3.11. The van der Waals surface area contributed by atoms with Crippen molar-refractivity contribution in [1.29, 1.82) is 0 Å². The van der Waals surface area contributed by atoms with E-state index in [1.165, 1.54) is 6.33 Å². The average Bonchev–Trinajstić information content (AvgIpc) is 2.68. The predicted octanol–water partition coefficient (Wildman–Crippen LogP) is 1.32. The van der Waals surface area contributed by atoms with Crippen LogP contribution in [-0.4, -0.2) is 76.4 Å². The van der Waals surface area contributed by atoms with Crippen molar-refractivity contribution in [1.82, 2.24) is 29.7 Å². The van der Waals surface area contributed by atoms with E-state index in [0.29, 0.717) is 18.3 Å². The molecule has 1 amide bonds. The zero-order chi connectivity index (χ0) is 19.2. The van der Waals surface area contributed by atoms with Gasteiger partial charge in [0, 0.05) is 45.9 Å². The zero-order valence-corrected chi connectivity index (χ0v) is 16.0. The van der Waals surface area contributed by atoms with Crippen LogP contribution in [0.25, 0.3) is 0 Å². The van der Waals surface area contributed by atoms with E-state index in [4.69, 9.17) is 0 Å². The molecule has 0 spiro atoms. The molecule has 1 atom stereocenters. The molecule has 2 N–H and O–H groups in total. The molecule has 9 nitrogen and oxygen atoms in total. The van der Waals surface area contributed by atoms with Crippen molar-refractivity contribution in [2.24, 2.45) is 0 Å². The zero-order valence-electron chi connectivity index (χ0n) is 16.0. The molecule has 27 heavy (non-hydrogen) atoms. The van der Waals surface area contributed by atoms with E-state index in [1.807, 2.05) is 6.07 Å². The number of likely N-dealkylation sites (N-methyl/N-ethyl adjacent to an activating group) is 1. The Kier molecular flexibility index (Phi) is 6.12. The first-order valence-corrected chi connectivity index (χ1v) is 9.07. The molecule has 0 bridgehead atoms. The SMILES string of the molecule is CNc1cc(Nc2nccc(C3CCCN(CC(=O)N(C)C)C3)n2)ncn1. The molecule has 1 saturated heterocycles. The van der Waals surface area contributed by atoms with Crippen LogP contribution in [0.2, 0.25) is 0 Å². The van der Waals surface area contributed by atoms with Gasteiger partial charge in [0.15, 0.2) is 0 Å². The fourth-order valence-electron chi connectivity index (χ4n) is 3.11. The van der Waals surface area contributed by atoms with Gasteiger partial charge in [-0.1, -0.05) is 0 Å². The van der Waals surface area contributed by atoms with Crippen molar-refractivity contribution in [2.75, 3.05) is 51.4 Å². The fraction of sp³-hybridized carbons (Fsp3) is 0.500. The molecule has 1 aliphatic heterocycles. The highest BCUT2D eigenvalue weighted by Gasteiger charge is 2.24. The molecule has 0 radical (unpaired) electrons. The maximum Gasteiger partial charge on any atom is 0.236 e. The number of carbonyl (C=O) groups is 1. The van der Waals surface area contributed by atoms with Gasteiger partial charge in [0.1, 0.15) is 18.0 Å². The lowest BCUT2D eigenvalue weighted by atomic mass is 9.94. The van der Waals surface area contributed by atoms with Crippen LogP contribution in [0.1, 0.15) is 24.5 Å². The van der Waals surface area contributed by atoms with E-state index in [-0.39, 0.29) is 11.8 Å². The standard InChI is InChI=1S/C18H26N8O/c1-19-15-9-16(22-12-21-15)24-18-20-7-6-14(23-18)13-5-4-8-26(10-13)11-17(27)25(2)3/h6-7,9,12-13H,4-5,8,10-11H2,1-3H3,(H2,19,20,21,22,23,24). The molecule has 1 aliphatic rings. The first kappa shape index (κ1) is 19.0. The maximum atomic E-state index is 12.0. The first-order valence-electron chi connectivity index (χ1n) is 9.07. The van der Waals surface area contributed by atoms with Crippen LogP contribution in [0, 0.1) is 0 Å². The Morgan fingerprint density at radius 1 is 1.30 bits per heavy atom. The second-order valence-corrected chi connectivity index (χ2v) is 6.83. The minimum Gasteiger partial charge on any atom is -0.373 e. The number of likely N-dealkylation sites (tertiary alicyclic amines) is 1. The van der Waals surface area contributed by atoms with Crippen LogP contribution in [0.3, 0.4) is 0 Å². The lowest BCUT2D eigenvalue weighted by Gasteiger charge is -2.32. The Bertz CT molecular complexity index is 781. The van der Waals surface area contributed by atoms with E-state index in [0.717, 1.165) is 37.4 Å². The summed E-state index contributed by atoms with van der Waals surface area (Å²) < 4.78 is 0. The third-order valence-corrected chi connectivity index (χ3v) is 4.62. The summed E-state index contributed by atoms with van der Waals surface area (Å²) in [6, 6.07) is 3.75. The number of nitrogens with one attached hydrogen (secondary N) is 2. The third-order valence-electron chi connectivity index (χ3n) is 4.62. The van der Waals surface area contributed by atoms with E-state index in [2.05, 4.69) is 35.5 Å². The molecule has 2 aromatic heterocycles. The summed E-state index contributed by atoms with van der Waals surface area (Å²) in [6.07, 6.45) is 5.35. The van der Waals surface area contributed by atoms with E-state index < -0.39 is 0 Å². The van der Waals surface area contributed by atoms with Gasteiger partial charge in [-0.25, -0.2) is 19.9 Å². The summed E-state index contributed by atoms with van der Waals surface area (Å²) in [4.78, 5) is 33.1. The Hall–Kier alpha value is -2.81. The van der Waals surface area contributed by atoms with Crippen LogP contribution in [-0.2, 0) is 4.79 Å². The van der Waals surface area contributed by atoms with Crippen LogP contribution in [0.15, 0.2) is 24.7 Å². The number of hydrogen-bond donors (Lipinski definition) is 2. The summed E-state index contributed by atoms with van der Waals surface area (Å²) >= 11 is 0. The second kappa shape index (κ2) is 8.72. The minimum absolute atomic E-state index is 0.129. The molecule has 1 fully saturated rings. The third kappa shape index (κ3) is 5.10. The highest BCUT2D eigenvalue weighted by atomic mass is 16.2. The molecule has 0 saturated carbocycles. The van der Waals surface area contributed by atoms with Crippen molar-refractivity contribution in [3.05, 3.63) is 30.4 Å². The number of amides is 1. The van der Waals surface area contributed by atoms with E-state index >= 15 is 0 Å². The van der Waals surface area contributed by atoms with Crippen molar-refractivity contribution < 1.29 is 4.79 Å². The predicted molar refractivity (Wildman–Crippen MR) is 104 cm³/mol.